The molecule has 0 aliphatic heterocycles. The molecule has 0 radical (unpaired) electrons. The number of nitrogens with one attached hydrogen (secondary N) is 1. The Hall–Kier alpha value is -0.790. The molecule has 0 saturated carbocycles. The lowest BCUT2D eigenvalue weighted by Crippen LogP contribution is -2.36. The summed E-state index contributed by atoms with van der Waals surface area (Å²) < 4.78 is 26.7. The highest BCUT2D eigenvalue weighted by atomic mass is 32.2. The Balaban J connectivity index is 2.92. The van der Waals surface area contributed by atoms with E-state index in [1.54, 1.807) is 11.8 Å². The molecule has 1 unspecified atom stereocenters. The molecular formula is C10H17N3O2S2. The summed E-state index contributed by atoms with van der Waals surface area (Å²) in [7, 11) is -3.58. The Labute approximate surface area is 106 Å². The van der Waals surface area contributed by atoms with Crippen LogP contribution in [0.25, 0.3) is 0 Å². The third-order valence-electron chi connectivity index (χ3n) is 2.29. The van der Waals surface area contributed by atoms with Crippen LogP contribution in [0.5, 0.6) is 0 Å². The highest BCUT2D eigenvalue weighted by Gasteiger charge is 2.21. The van der Waals surface area contributed by atoms with Gasteiger partial charge in [0.05, 0.1) is 5.69 Å². The monoisotopic (exact) mass is 275 g/mol. The van der Waals surface area contributed by atoms with E-state index >= 15 is 0 Å². The van der Waals surface area contributed by atoms with Gasteiger partial charge in [0.15, 0.2) is 0 Å². The summed E-state index contributed by atoms with van der Waals surface area (Å²) in [5.74, 6) is 0.732. The zero-order valence-electron chi connectivity index (χ0n) is 9.88. The average Bonchev–Trinajstić information content (AvgIpc) is 2.28. The van der Waals surface area contributed by atoms with E-state index in [0.717, 1.165) is 12.2 Å². The molecule has 0 aliphatic rings. The summed E-state index contributed by atoms with van der Waals surface area (Å²) in [5.41, 5.74) is 5.85. The van der Waals surface area contributed by atoms with Crippen molar-refractivity contribution in [2.45, 2.75) is 24.3 Å². The maximum atomic E-state index is 12.1. The normalized spacial score (nSPS) is 13.5. The highest BCUT2D eigenvalue weighted by molar-refractivity contribution is 7.98. The predicted octanol–water partition coefficient (Wildman–Crippen LogP) is 1.08. The lowest BCUT2D eigenvalue weighted by atomic mass is 10.3. The molecule has 0 amide bonds. The zero-order chi connectivity index (χ0) is 12.9. The number of hydrogen-bond acceptors (Lipinski definition) is 5. The molecule has 3 N–H and O–H groups in total. The van der Waals surface area contributed by atoms with Gasteiger partial charge >= 0.3 is 0 Å². The Morgan fingerprint density at radius 2 is 2.29 bits per heavy atom. The molecule has 0 bridgehead atoms. The molecule has 0 aliphatic carbocycles. The van der Waals surface area contributed by atoms with Gasteiger partial charge < -0.3 is 5.73 Å². The van der Waals surface area contributed by atoms with E-state index in [9.17, 15) is 8.42 Å². The Bertz CT molecular complexity index is 462. The van der Waals surface area contributed by atoms with Crippen LogP contribution in [0.4, 0.5) is 5.69 Å². The topological polar surface area (TPSA) is 85.1 Å². The molecule has 1 atom stereocenters. The third-order valence-corrected chi connectivity index (χ3v) is 4.59. The third kappa shape index (κ3) is 3.86. The van der Waals surface area contributed by atoms with E-state index in [4.69, 9.17) is 5.73 Å². The second kappa shape index (κ2) is 6.23. The standard InChI is InChI=1S/C10H17N3O2S2/c1-3-8(7-16-2)13-17(14,15)10-6-12-5-4-9(10)11/h4-6,8,13H,3,7H2,1-2H3,(H2,11,12). The molecule has 0 aromatic carbocycles. The molecule has 1 heterocycles. The smallest absolute Gasteiger partial charge is 0.244 e. The Morgan fingerprint density at radius 1 is 1.59 bits per heavy atom. The van der Waals surface area contributed by atoms with Gasteiger partial charge in [0.2, 0.25) is 10.0 Å². The minimum Gasteiger partial charge on any atom is -0.398 e. The lowest BCUT2D eigenvalue weighted by molar-refractivity contribution is 0.558. The largest absolute Gasteiger partial charge is 0.398 e. The van der Waals surface area contributed by atoms with E-state index < -0.39 is 10.0 Å². The van der Waals surface area contributed by atoms with Gasteiger partial charge in [0.25, 0.3) is 0 Å². The molecular weight excluding hydrogens is 258 g/mol. The number of rotatable bonds is 6. The minimum absolute atomic E-state index is 0.0413. The number of anilines is 1. The van der Waals surface area contributed by atoms with E-state index in [1.807, 2.05) is 13.2 Å². The van der Waals surface area contributed by atoms with Crippen LogP contribution in [0.1, 0.15) is 13.3 Å². The number of thioether (sulfide) groups is 1. The Morgan fingerprint density at radius 3 is 2.82 bits per heavy atom. The van der Waals surface area contributed by atoms with Gasteiger partial charge in [-0.1, -0.05) is 6.92 Å². The lowest BCUT2D eigenvalue weighted by Gasteiger charge is -2.16. The second-order valence-corrected chi connectivity index (χ2v) is 6.19. The first-order chi connectivity index (χ1) is 8.01. The molecule has 7 heteroatoms. The van der Waals surface area contributed by atoms with Crippen molar-refractivity contribution in [1.29, 1.82) is 0 Å². The van der Waals surface area contributed by atoms with Crippen molar-refractivity contribution in [2.24, 2.45) is 0 Å². The second-order valence-electron chi connectivity index (χ2n) is 3.60. The number of aromatic nitrogens is 1. The van der Waals surface area contributed by atoms with Crippen LogP contribution < -0.4 is 10.5 Å². The fourth-order valence-corrected chi connectivity index (χ4v) is 3.56. The van der Waals surface area contributed by atoms with Gasteiger partial charge in [-0.2, -0.15) is 11.8 Å². The average molecular weight is 275 g/mol. The van der Waals surface area contributed by atoms with Crippen molar-refractivity contribution in [3.05, 3.63) is 18.5 Å². The summed E-state index contributed by atoms with van der Waals surface area (Å²) in [6, 6.07) is 1.39. The van der Waals surface area contributed by atoms with Crippen molar-refractivity contribution in [1.82, 2.24) is 9.71 Å². The molecule has 1 aromatic heterocycles. The van der Waals surface area contributed by atoms with Crippen LogP contribution >= 0.6 is 11.8 Å². The maximum Gasteiger partial charge on any atom is 0.244 e. The van der Waals surface area contributed by atoms with Crippen LogP contribution in [0.15, 0.2) is 23.4 Å². The molecule has 0 saturated heterocycles. The molecule has 96 valence electrons. The maximum absolute atomic E-state index is 12.1. The van der Waals surface area contributed by atoms with Crippen molar-refractivity contribution in [3.8, 4) is 0 Å². The van der Waals surface area contributed by atoms with Crippen LogP contribution in [-0.4, -0.2) is 31.5 Å². The molecule has 1 rings (SSSR count). The summed E-state index contributed by atoms with van der Waals surface area (Å²) in [4.78, 5) is 3.83. The first kappa shape index (κ1) is 14.3. The molecule has 17 heavy (non-hydrogen) atoms. The van der Waals surface area contributed by atoms with Crippen molar-refractivity contribution >= 4 is 27.5 Å². The zero-order valence-corrected chi connectivity index (χ0v) is 11.5. The first-order valence-electron chi connectivity index (χ1n) is 5.22. The van der Waals surface area contributed by atoms with Gasteiger partial charge in [-0.3, -0.25) is 4.98 Å². The van der Waals surface area contributed by atoms with Gasteiger partial charge in [-0.05, 0) is 18.7 Å². The van der Waals surface area contributed by atoms with Crippen LogP contribution in [-0.2, 0) is 10.0 Å². The Kier molecular flexibility index (Phi) is 5.23. The van der Waals surface area contributed by atoms with E-state index in [0.29, 0.717) is 0 Å². The summed E-state index contributed by atoms with van der Waals surface area (Å²) in [6.07, 6.45) is 5.41. The summed E-state index contributed by atoms with van der Waals surface area (Å²) >= 11 is 1.60. The molecule has 5 nitrogen and oxygen atoms in total. The van der Waals surface area contributed by atoms with E-state index in [1.165, 1.54) is 18.5 Å². The number of nitrogens with two attached hydrogens (primary N) is 1. The van der Waals surface area contributed by atoms with Crippen LogP contribution in [0, 0.1) is 0 Å². The minimum atomic E-state index is -3.58. The molecule has 1 aromatic rings. The van der Waals surface area contributed by atoms with Gasteiger partial charge in [0, 0.05) is 24.2 Å². The number of hydrogen-bond donors (Lipinski definition) is 2. The quantitative estimate of drug-likeness (QED) is 0.811. The van der Waals surface area contributed by atoms with Crippen molar-refractivity contribution in [2.75, 3.05) is 17.7 Å². The SMILES string of the molecule is CCC(CSC)NS(=O)(=O)c1cnccc1N. The van der Waals surface area contributed by atoms with Gasteiger partial charge in [0.1, 0.15) is 4.90 Å². The van der Waals surface area contributed by atoms with E-state index in [-0.39, 0.29) is 16.6 Å². The number of nitrogens with zero attached hydrogens (tertiary/aromatic N) is 1. The van der Waals surface area contributed by atoms with Crippen LogP contribution in [0.2, 0.25) is 0 Å². The predicted molar refractivity (Wildman–Crippen MR) is 71.4 cm³/mol. The summed E-state index contributed by atoms with van der Waals surface area (Å²) in [6.45, 7) is 1.94. The number of sulfonamides is 1. The fraction of sp³-hybridized carbons (Fsp3) is 0.500. The fourth-order valence-electron chi connectivity index (χ4n) is 1.33. The van der Waals surface area contributed by atoms with Crippen LogP contribution in [0.3, 0.4) is 0 Å². The number of nitrogen functional groups attached to an aromatic ring is 1. The molecule has 0 spiro atoms. The van der Waals surface area contributed by atoms with Crippen molar-refractivity contribution in [3.63, 3.8) is 0 Å². The highest BCUT2D eigenvalue weighted by Crippen LogP contribution is 2.16. The van der Waals surface area contributed by atoms with Gasteiger partial charge in [-0.15, -0.1) is 0 Å². The summed E-state index contributed by atoms with van der Waals surface area (Å²) in [5, 5.41) is 0. The molecule has 0 fully saturated rings. The van der Waals surface area contributed by atoms with Crippen molar-refractivity contribution < 1.29 is 8.42 Å². The van der Waals surface area contributed by atoms with Gasteiger partial charge in [-0.25, -0.2) is 13.1 Å². The number of pyridine rings is 1. The first-order valence-corrected chi connectivity index (χ1v) is 8.09. The van der Waals surface area contributed by atoms with E-state index in [2.05, 4.69) is 9.71 Å².